The van der Waals surface area contributed by atoms with Crippen LogP contribution in [-0.4, -0.2) is 27.4 Å². The van der Waals surface area contributed by atoms with Crippen molar-refractivity contribution in [2.45, 2.75) is 11.3 Å². The molecule has 25 heavy (non-hydrogen) atoms. The molecule has 1 aliphatic heterocycles. The molecule has 1 amide bonds. The van der Waals surface area contributed by atoms with Crippen molar-refractivity contribution >= 4 is 33.2 Å². The molecule has 1 heterocycles. The summed E-state index contributed by atoms with van der Waals surface area (Å²) in [5, 5.41) is 0.582. The predicted molar refractivity (Wildman–Crippen MR) is 93.5 cm³/mol. The number of nitrogens with zero attached hydrogens (tertiary/aromatic N) is 1. The Morgan fingerprint density at radius 1 is 1.12 bits per heavy atom. The second-order valence-corrected chi connectivity index (χ2v) is 8.06. The van der Waals surface area contributed by atoms with E-state index >= 15 is 0 Å². The molecule has 1 aliphatic rings. The first-order valence-corrected chi connectivity index (χ1v) is 9.52. The third-order valence-electron chi connectivity index (χ3n) is 4.03. The molecule has 0 bridgehead atoms. The zero-order valence-corrected chi connectivity index (χ0v) is 14.7. The minimum absolute atomic E-state index is 0.00668. The van der Waals surface area contributed by atoms with E-state index in [4.69, 9.17) is 11.6 Å². The number of carbonyl (C=O) groups excluding carboxylic acids is 1. The fraction of sp³-hybridized carbons (Fsp3) is 0.235. The Kier molecular flexibility index (Phi) is 5.08. The van der Waals surface area contributed by atoms with Gasteiger partial charge in [-0.25, -0.2) is 17.5 Å². The molecular weight excluding hydrogens is 367 g/mol. The average molecular weight is 383 g/mol. The molecule has 8 heteroatoms. The fourth-order valence-corrected chi connectivity index (χ4v) is 3.96. The third-order valence-corrected chi connectivity index (χ3v) is 5.72. The SMILES string of the molecule is O=C1CC(CNS(=O)(=O)c2ccc(F)cc2)CN1c1ccc(Cl)cc1. The number of hydrogen-bond donors (Lipinski definition) is 1. The number of hydrogen-bond acceptors (Lipinski definition) is 3. The Morgan fingerprint density at radius 2 is 1.76 bits per heavy atom. The van der Waals surface area contributed by atoms with E-state index < -0.39 is 15.8 Å². The molecule has 1 unspecified atom stereocenters. The Labute approximate surface area is 150 Å². The van der Waals surface area contributed by atoms with E-state index in [9.17, 15) is 17.6 Å². The minimum Gasteiger partial charge on any atom is -0.312 e. The largest absolute Gasteiger partial charge is 0.312 e. The fourth-order valence-electron chi connectivity index (χ4n) is 2.71. The van der Waals surface area contributed by atoms with Gasteiger partial charge < -0.3 is 4.90 Å². The summed E-state index contributed by atoms with van der Waals surface area (Å²) in [6, 6.07) is 11.5. The van der Waals surface area contributed by atoms with Crippen molar-refractivity contribution in [3.05, 3.63) is 59.4 Å². The van der Waals surface area contributed by atoms with Gasteiger partial charge in [-0.1, -0.05) is 11.6 Å². The van der Waals surface area contributed by atoms with Crippen molar-refractivity contribution in [1.82, 2.24) is 4.72 Å². The van der Waals surface area contributed by atoms with Crippen LogP contribution in [0.5, 0.6) is 0 Å². The Bertz CT molecular complexity index is 870. The number of halogens is 2. The highest BCUT2D eigenvalue weighted by molar-refractivity contribution is 7.89. The number of anilines is 1. The predicted octanol–water partition coefficient (Wildman–Crippen LogP) is 2.81. The van der Waals surface area contributed by atoms with Gasteiger partial charge in [0.1, 0.15) is 5.82 Å². The molecule has 3 rings (SSSR count). The van der Waals surface area contributed by atoms with Crippen molar-refractivity contribution in [1.29, 1.82) is 0 Å². The summed E-state index contributed by atoms with van der Waals surface area (Å²) in [6.07, 6.45) is 0.258. The first kappa shape index (κ1) is 17.8. The van der Waals surface area contributed by atoms with Gasteiger partial charge in [-0.2, -0.15) is 0 Å². The molecule has 2 aromatic carbocycles. The maximum absolute atomic E-state index is 12.9. The van der Waals surface area contributed by atoms with Gasteiger partial charge in [0.25, 0.3) is 0 Å². The highest BCUT2D eigenvalue weighted by Crippen LogP contribution is 2.26. The summed E-state index contributed by atoms with van der Waals surface area (Å²) in [5.74, 6) is -0.703. The summed E-state index contributed by atoms with van der Waals surface area (Å²) in [6.45, 7) is 0.557. The van der Waals surface area contributed by atoms with E-state index in [-0.39, 0.29) is 29.7 Å². The van der Waals surface area contributed by atoms with Gasteiger partial charge in [0.2, 0.25) is 15.9 Å². The van der Waals surface area contributed by atoms with Crippen molar-refractivity contribution in [2.75, 3.05) is 18.0 Å². The second-order valence-electron chi connectivity index (χ2n) is 5.86. The van der Waals surface area contributed by atoms with Crippen LogP contribution in [0.2, 0.25) is 5.02 Å². The van der Waals surface area contributed by atoms with E-state index in [1.807, 2.05) is 0 Å². The lowest BCUT2D eigenvalue weighted by molar-refractivity contribution is -0.117. The molecule has 0 aliphatic carbocycles. The van der Waals surface area contributed by atoms with Crippen molar-refractivity contribution in [3.63, 3.8) is 0 Å². The van der Waals surface area contributed by atoms with Crippen LogP contribution in [0.1, 0.15) is 6.42 Å². The lowest BCUT2D eigenvalue weighted by Crippen LogP contribution is -2.31. The number of sulfonamides is 1. The van der Waals surface area contributed by atoms with E-state index in [1.165, 1.54) is 12.1 Å². The van der Waals surface area contributed by atoms with E-state index in [0.717, 1.165) is 17.8 Å². The van der Waals surface area contributed by atoms with Crippen molar-refractivity contribution < 1.29 is 17.6 Å². The van der Waals surface area contributed by atoms with E-state index in [0.29, 0.717) is 11.6 Å². The first-order chi connectivity index (χ1) is 11.8. The molecule has 1 fully saturated rings. The molecule has 1 atom stereocenters. The van der Waals surface area contributed by atoms with E-state index in [1.54, 1.807) is 29.2 Å². The average Bonchev–Trinajstić information content (AvgIpc) is 2.95. The molecule has 0 saturated carbocycles. The van der Waals surface area contributed by atoms with Crippen LogP contribution in [0.15, 0.2) is 53.4 Å². The Morgan fingerprint density at radius 3 is 2.40 bits per heavy atom. The summed E-state index contributed by atoms with van der Waals surface area (Å²) < 4.78 is 39.8. The van der Waals surface area contributed by atoms with Gasteiger partial charge in [-0.3, -0.25) is 4.79 Å². The topological polar surface area (TPSA) is 66.5 Å². The van der Waals surface area contributed by atoms with Gasteiger partial charge in [0.05, 0.1) is 4.90 Å². The smallest absolute Gasteiger partial charge is 0.240 e. The molecule has 5 nitrogen and oxygen atoms in total. The standard InChI is InChI=1S/C17H16ClFN2O3S/c18-13-1-5-15(6-2-13)21-11-12(9-17(21)22)10-20-25(23,24)16-7-3-14(19)4-8-16/h1-8,12,20H,9-11H2. The highest BCUT2D eigenvalue weighted by atomic mass is 35.5. The third kappa shape index (κ3) is 4.18. The molecule has 2 aromatic rings. The molecule has 1 N–H and O–H groups in total. The number of nitrogens with one attached hydrogen (secondary N) is 1. The molecule has 0 radical (unpaired) electrons. The lowest BCUT2D eigenvalue weighted by atomic mass is 10.1. The molecule has 1 saturated heterocycles. The van der Waals surface area contributed by atoms with Crippen LogP contribution in [-0.2, 0) is 14.8 Å². The second kappa shape index (κ2) is 7.11. The molecular formula is C17H16ClFN2O3S. The molecule has 0 spiro atoms. The van der Waals surface area contributed by atoms with Crippen LogP contribution < -0.4 is 9.62 Å². The Balaban J connectivity index is 1.63. The quantitative estimate of drug-likeness (QED) is 0.864. The van der Waals surface area contributed by atoms with Crippen LogP contribution in [0.4, 0.5) is 10.1 Å². The number of rotatable bonds is 5. The minimum atomic E-state index is -3.73. The maximum atomic E-state index is 12.9. The highest BCUT2D eigenvalue weighted by Gasteiger charge is 2.31. The number of amides is 1. The summed E-state index contributed by atoms with van der Waals surface area (Å²) >= 11 is 5.85. The van der Waals surface area contributed by atoms with Crippen LogP contribution in [0, 0.1) is 11.7 Å². The van der Waals surface area contributed by atoms with Crippen molar-refractivity contribution in [3.8, 4) is 0 Å². The van der Waals surface area contributed by atoms with Crippen molar-refractivity contribution in [2.24, 2.45) is 5.92 Å². The summed E-state index contributed by atoms with van der Waals surface area (Å²) in [7, 11) is -3.73. The zero-order valence-electron chi connectivity index (χ0n) is 13.2. The van der Waals surface area contributed by atoms with Gasteiger partial charge in [0, 0.05) is 30.2 Å². The normalized spacial score (nSPS) is 17.9. The monoisotopic (exact) mass is 382 g/mol. The van der Waals surface area contributed by atoms with Gasteiger partial charge in [0.15, 0.2) is 0 Å². The lowest BCUT2D eigenvalue weighted by Gasteiger charge is -2.17. The summed E-state index contributed by atoms with van der Waals surface area (Å²) in [5.41, 5.74) is 0.735. The summed E-state index contributed by atoms with van der Waals surface area (Å²) in [4.78, 5) is 13.8. The van der Waals surface area contributed by atoms with Gasteiger partial charge >= 0.3 is 0 Å². The molecule has 132 valence electrons. The van der Waals surface area contributed by atoms with Crippen LogP contribution in [0.3, 0.4) is 0 Å². The Hall–Kier alpha value is -1.96. The van der Waals surface area contributed by atoms with E-state index in [2.05, 4.69) is 4.72 Å². The first-order valence-electron chi connectivity index (χ1n) is 7.66. The number of benzene rings is 2. The van der Waals surface area contributed by atoms with Gasteiger partial charge in [-0.05, 0) is 54.4 Å². The number of carbonyl (C=O) groups is 1. The van der Waals surface area contributed by atoms with Gasteiger partial charge in [-0.15, -0.1) is 0 Å². The maximum Gasteiger partial charge on any atom is 0.240 e. The zero-order chi connectivity index (χ0) is 18.0. The molecule has 0 aromatic heterocycles. The van der Waals surface area contributed by atoms with Crippen LogP contribution >= 0.6 is 11.6 Å². The van der Waals surface area contributed by atoms with Crippen LogP contribution in [0.25, 0.3) is 0 Å².